The van der Waals surface area contributed by atoms with Crippen molar-refractivity contribution in [2.45, 2.75) is 110 Å². The molecule has 248 valence electrons. The average Bonchev–Trinajstić information content (AvgIpc) is 2.87. The third-order valence-electron chi connectivity index (χ3n) is 5.89. The monoisotopic (exact) mass is 636 g/mol. The van der Waals surface area contributed by atoms with Gasteiger partial charge in [0.05, 0.1) is 6.61 Å². The lowest BCUT2D eigenvalue weighted by atomic mass is 9.97. The summed E-state index contributed by atoms with van der Waals surface area (Å²) in [5.74, 6) is -6.11. The van der Waals surface area contributed by atoms with Crippen molar-refractivity contribution in [1.29, 1.82) is 0 Å². The molecule has 2 fully saturated rings. The number of hydrogen-bond acceptors (Lipinski definition) is 18. The zero-order valence-electron chi connectivity index (χ0n) is 25.1. The second-order valence-corrected chi connectivity index (χ2v) is 9.65. The van der Waals surface area contributed by atoms with Gasteiger partial charge in [0.15, 0.2) is 36.6 Å². The quantitative estimate of drug-likeness (QED) is 0.203. The molecule has 0 spiro atoms. The van der Waals surface area contributed by atoms with Crippen molar-refractivity contribution in [2.75, 3.05) is 13.2 Å². The molecule has 0 aromatic heterocycles. The largest absolute Gasteiger partial charge is 0.463 e. The molecular weight excluding hydrogens is 600 g/mol. The van der Waals surface area contributed by atoms with Crippen LogP contribution in [0.15, 0.2) is 0 Å². The zero-order chi connectivity index (χ0) is 33.3. The summed E-state index contributed by atoms with van der Waals surface area (Å²) >= 11 is 0. The van der Waals surface area contributed by atoms with Crippen molar-refractivity contribution in [3.8, 4) is 0 Å². The van der Waals surface area contributed by atoms with Gasteiger partial charge in [0.25, 0.3) is 0 Å². The number of aliphatic hydroxyl groups excluding tert-OH is 1. The summed E-state index contributed by atoms with van der Waals surface area (Å²) in [5.41, 5.74) is 0. The van der Waals surface area contributed by atoms with E-state index in [9.17, 15) is 38.7 Å². The average molecular weight is 637 g/mol. The molecule has 18 nitrogen and oxygen atoms in total. The predicted molar refractivity (Wildman–Crippen MR) is 135 cm³/mol. The number of ether oxygens (including phenoxy) is 10. The first-order valence-corrected chi connectivity index (χ1v) is 13.3. The van der Waals surface area contributed by atoms with Gasteiger partial charge in [-0.3, -0.25) is 33.6 Å². The minimum atomic E-state index is -1.80. The fraction of sp³-hybridized carbons (Fsp3) is 0.731. The lowest BCUT2D eigenvalue weighted by molar-refractivity contribution is -0.377. The molecule has 44 heavy (non-hydrogen) atoms. The molecule has 0 aliphatic carbocycles. The van der Waals surface area contributed by atoms with E-state index in [1.807, 2.05) is 0 Å². The van der Waals surface area contributed by atoms with E-state index < -0.39 is 116 Å². The first-order chi connectivity index (χ1) is 20.5. The third kappa shape index (κ3) is 10.4. The van der Waals surface area contributed by atoms with Crippen LogP contribution in [0.3, 0.4) is 0 Å². The van der Waals surface area contributed by atoms with Gasteiger partial charge in [-0.25, -0.2) is 0 Å². The molecule has 0 unspecified atom stereocenters. The molecule has 10 atom stereocenters. The highest BCUT2D eigenvalue weighted by Gasteiger charge is 2.57. The molecule has 2 aliphatic rings. The van der Waals surface area contributed by atoms with Crippen LogP contribution >= 0.6 is 0 Å². The van der Waals surface area contributed by atoms with Gasteiger partial charge in [-0.2, -0.15) is 0 Å². The fourth-order valence-corrected chi connectivity index (χ4v) is 4.54. The van der Waals surface area contributed by atoms with Crippen molar-refractivity contribution in [1.82, 2.24) is 0 Å². The summed E-state index contributed by atoms with van der Waals surface area (Å²) < 4.78 is 54.5. The molecule has 2 heterocycles. The molecule has 1 N–H and O–H groups in total. The number of hydrogen-bond donors (Lipinski definition) is 1. The third-order valence-corrected chi connectivity index (χ3v) is 5.89. The van der Waals surface area contributed by atoms with Crippen molar-refractivity contribution < 1.29 is 86.0 Å². The lowest BCUT2D eigenvalue weighted by Gasteiger charge is -2.48. The molecule has 0 radical (unpaired) electrons. The van der Waals surface area contributed by atoms with Gasteiger partial charge in [0.1, 0.15) is 18.8 Å². The van der Waals surface area contributed by atoms with Crippen LogP contribution in [0.2, 0.25) is 0 Å². The van der Waals surface area contributed by atoms with Gasteiger partial charge in [-0.15, -0.1) is 0 Å². The van der Waals surface area contributed by atoms with E-state index in [1.54, 1.807) is 0 Å². The van der Waals surface area contributed by atoms with Gasteiger partial charge in [0.2, 0.25) is 12.6 Å². The van der Waals surface area contributed by atoms with Crippen LogP contribution in [0.25, 0.3) is 0 Å². The number of rotatable bonds is 11. The smallest absolute Gasteiger partial charge is 0.303 e. The van der Waals surface area contributed by atoms with Crippen LogP contribution in [-0.2, 0) is 80.9 Å². The minimum Gasteiger partial charge on any atom is -0.463 e. The normalized spacial score (nSPS) is 31.5. The topological polar surface area (TPSA) is 232 Å². The highest BCUT2D eigenvalue weighted by molar-refractivity contribution is 5.69. The summed E-state index contributed by atoms with van der Waals surface area (Å²) in [6.07, 6.45) is -16.0. The summed E-state index contributed by atoms with van der Waals surface area (Å²) in [7, 11) is 0. The molecule has 0 saturated carbocycles. The predicted octanol–water partition coefficient (Wildman–Crippen LogP) is -1.40. The lowest BCUT2D eigenvalue weighted by Crippen LogP contribution is -2.66. The van der Waals surface area contributed by atoms with E-state index >= 15 is 0 Å². The molecule has 0 aromatic rings. The van der Waals surface area contributed by atoms with Crippen molar-refractivity contribution >= 4 is 41.8 Å². The van der Waals surface area contributed by atoms with Crippen molar-refractivity contribution in [2.24, 2.45) is 0 Å². The first kappa shape index (κ1) is 36.3. The Morgan fingerprint density at radius 2 is 0.795 bits per heavy atom. The molecule has 18 heteroatoms. The number of esters is 7. The highest BCUT2D eigenvalue weighted by atomic mass is 16.8. The van der Waals surface area contributed by atoms with E-state index in [-0.39, 0.29) is 0 Å². The Balaban J connectivity index is 2.63. The molecule has 0 aromatic carbocycles. The zero-order valence-corrected chi connectivity index (χ0v) is 25.1. The standard InChI is InChI=1S/C26H36O18/c1-10(28)35-9-18-20(37-12(3)30)22(39-14(5)32)24(41-16(7)34)26(43-18)44-25-23(40-15(6)33)21(38-13(4)31)19(36-11(2)29)17(8-27)42-25/h17-27H,8-9H2,1-7H3/t17-,18-,19-,20+,21+,22+,23-,24-,25+,26+/m1/s1. The van der Waals surface area contributed by atoms with E-state index in [1.165, 1.54) is 0 Å². The van der Waals surface area contributed by atoms with E-state index in [4.69, 9.17) is 47.4 Å². The van der Waals surface area contributed by atoms with Gasteiger partial charge < -0.3 is 52.5 Å². The maximum absolute atomic E-state index is 12.1. The maximum Gasteiger partial charge on any atom is 0.303 e. The summed E-state index contributed by atoms with van der Waals surface area (Å²) in [6, 6.07) is 0. The van der Waals surface area contributed by atoms with Crippen LogP contribution in [-0.4, -0.2) is 122 Å². The number of carbonyl (C=O) groups is 7. The van der Waals surface area contributed by atoms with Crippen LogP contribution in [0.1, 0.15) is 48.5 Å². The summed E-state index contributed by atoms with van der Waals surface area (Å²) in [4.78, 5) is 83.8. The Bertz CT molecular complexity index is 1090. The van der Waals surface area contributed by atoms with Crippen LogP contribution < -0.4 is 0 Å². The molecule has 0 amide bonds. The molecule has 2 aliphatic heterocycles. The van der Waals surface area contributed by atoms with Gasteiger partial charge in [0, 0.05) is 48.5 Å². The number of aliphatic hydroxyl groups is 1. The first-order valence-electron chi connectivity index (χ1n) is 13.3. The highest BCUT2D eigenvalue weighted by Crippen LogP contribution is 2.35. The Morgan fingerprint density at radius 3 is 1.14 bits per heavy atom. The second-order valence-electron chi connectivity index (χ2n) is 9.65. The van der Waals surface area contributed by atoms with Gasteiger partial charge >= 0.3 is 41.8 Å². The van der Waals surface area contributed by atoms with Crippen LogP contribution in [0.5, 0.6) is 0 Å². The maximum atomic E-state index is 12.1. The van der Waals surface area contributed by atoms with Gasteiger partial charge in [-0.05, 0) is 0 Å². The fourth-order valence-electron chi connectivity index (χ4n) is 4.54. The second kappa shape index (κ2) is 16.3. The Hall–Kier alpha value is -3.87. The SMILES string of the molecule is CC(=O)OC[C@H]1O[C@@H](O[C@@H]2O[C@H](CO)[C@@H](OC(C)=O)[C@H](OC(C)=O)[C@H]2OC(C)=O)[C@H](OC(C)=O)[C@@H](OC(C)=O)[C@H]1OC(C)=O. The summed E-state index contributed by atoms with van der Waals surface area (Å²) in [6.45, 7) is 5.85. The van der Waals surface area contributed by atoms with E-state index in [2.05, 4.69) is 0 Å². The van der Waals surface area contributed by atoms with Crippen LogP contribution in [0.4, 0.5) is 0 Å². The Kier molecular flexibility index (Phi) is 13.4. The molecule has 2 rings (SSSR count). The molecular formula is C26H36O18. The molecule has 0 bridgehead atoms. The van der Waals surface area contributed by atoms with Crippen LogP contribution in [0, 0.1) is 0 Å². The molecule has 2 saturated heterocycles. The number of carbonyl (C=O) groups excluding carboxylic acids is 7. The van der Waals surface area contributed by atoms with E-state index in [0.717, 1.165) is 48.5 Å². The van der Waals surface area contributed by atoms with Crippen molar-refractivity contribution in [3.05, 3.63) is 0 Å². The van der Waals surface area contributed by atoms with Gasteiger partial charge in [-0.1, -0.05) is 0 Å². The Morgan fingerprint density at radius 1 is 0.477 bits per heavy atom. The minimum absolute atomic E-state index is 0.569. The Labute approximate surface area is 251 Å². The summed E-state index contributed by atoms with van der Waals surface area (Å²) in [5, 5.41) is 10.0. The van der Waals surface area contributed by atoms with Crippen molar-refractivity contribution in [3.63, 3.8) is 0 Å². The van der Waals surface area contributed by atoms with E-state index in [0.29, 0.717) is 0 Å².